The summed E-state index contributed by atoms with van der Waals surface area (Å²) in [6, 6.07) is 12.1. The van der Waals surface area contributed by atoms with Crippen molar-refractivity contribution in [2.24, 2.45) is 5.10 Å². The molecule has 0 atom stereocenters. The lowest BCUT2D eigenvalue weighted by molar-refractivity contribution is -0.120. The quantitative estimate of drug-likeness (QED) is 0.498. The number of nitrogens with one attached hydrogen (secondary N) is 2. The highest BCUT2D eigenvalue weighted by atomic mass is 16.5. The van der Waals surface area contributed by atoms with Crippen LogP contribution in [0.2, 0.25) is 0 Å². The molecule has 0 unspecified atom stereocenters. The minimum atomic E-state index is -0.454. The van der Waals surface area contributed by atoms with Crippen molar-refractivity contribution < 1.29 is 23.8 Å². The normalized spacial score (nSPS) is 10.7. The van der Waals surface area contributed by atoms with Gasteiger partial charge in [0.1, 0.15) is 5.75 Å². The van der Waals surface area contributed by atoms with Crippen LogP contribution in [0.25, 0.3) is 0 Å². The van der Waals surface area contributed by atoms with Crippen molar-refractivity contribution in [3.8, 4) is 17.2 Å². The minimum absolute atomic E-state index is 0.0659. The first-order valence-electron chi connectivity index (χ1n) is 9.01. The molecule has 2 aromatic rings. The Labute approximate surface area is 169 Å². The van der Waals surface area contributed by atoms with Crippen molar-refractivity contribution >= 4 is 18.0 Å². The summed E-state index contributed by atoms with van der Waals surface area (Å²) in [5.74, 6) is 0.794. The van der Waals surface area contributed by atoms with Crippen LogP contribution in [0.1, 0.15) is 29.8 Å². The lowest BCUT2D eigenvalue weighted by Crippen LogP contribution is -2.34. The first-order chi connectivity index (χ1) is 13.9. The lowest BCUT2D eigenvalue weighted by Gasteiger charge is -2.10. The van der Waals surface area contributed by atoms with Gasteiger partial charge in [0.15, 0.2) is 11.5 Å². The average molecular weight is 399 g/mol. The van der Waals surface area contributed by atoms with E-state index in [1.54, 1.807) is 12.1 Å². The molecule has 29 heavy (non-hydrogen) atoms. The van der Waals surface area contributed by atoms with Crippen LogP contribution in [-0.4, -0.2) is 44.9 Å². The van der Waals surface area contributed by atoms with Crippen molar-refractivity contribution in [3.63, 3.8) is 0 Å². The van der Waals surface area contributed by atoms with Crippen LogP contribution in [0.15, 0.2) is 47.6 Å². The van der Waals surface area contributed by atoms with Crippen LogP contribution in [0.3, 0.4) is 0 Å². The number of hydrogen-bond donors (Lipinski definition) is 2. The van der Waals surface area contributed by atoms with Crippen LogP contribution in [-0.2, 0) is 4.79 Å². The van der Waals surface area contributed by atoms with Gasteiger partial charge >= 0.3 is 0 Å². The van der Waals surface area contributed by atoms with Gasteiger partial charge in [-0.1, -0.05) is 12.1 Å². The van der Waals surface area contributed by atoms with Crippen molar-refractivity contribution in [1.82, 2.24) is 10.7 Å². The van der Waals surface area contributed by atoms with Crippen molar-refractivity contribution in [3.05, 3.63) is 53.6 Å². The fourth-order valence-electron chi connectivity index (χ4n) is 2.40. The van der Waals surface area contributed by atoms with Gasteiger partial charge in [0, 0.05) is 5.56 Å². The number of hydrogen-bond acceptors (Lipinski definition) is 6. The number of hydrazone groups is 1. The van der Waals surface area contributed by atoms with E-state index in [1.165, 1.54) is 26.5 Å². The highest BCUT2D eigenvalue weighted by Crippen LogP contribution is 2.27. The second-order valence-corrected chi connectivity index (χ2v) is 6.28. The maximum absolute atomic E-state index is 12.2. The van der Waals surface area contributed by atoms with Crippen LogP contribution in [0.5, 0.6) is 17.2 Å². The highest BCUT2D eigenvalue weighted by molar-refractivity contribution is 5.97. The Bertz CT molecular complexity index is 880. The molecule has 154 valence electrons. The van der Waals surface area contributed by atoms with Gasteiger partial charge in [0.05, 0.1) is 33.1 Å². The fourth-order valence-corrected chi connectivity index (χ4v) is 2.40. The van der Waals surface area contributed by atoms with Crippen molar-refractivity contribution in [1.29, 1.82) is 0 Å². The summed E-state index contributed by atoms with van der Waals surface area (Å²) in [4.78, 5) is 24.1. The Kier molecular flexibility index (Phi) is 8.02. The van der Waals surface area contributed by atoms with E-state index in [-0.39, 0.29) is 12.6 Å². The molecule has 2 aromatic carbocycles. The molecule has 0 bridgehead atoms. The topological polar surface area (TPSA) is 98.2 Å². The van der Waals surface area contributed by atoms with Crippen LogP contribution in [0.4, 0.5) is 0 Å². The molecule has 0 radical (unpaired) electrons. The monoisotopic (exact) mass is 399 g/mol. The first kappa shape index (κ1) is 21.7. The second kappa shape index (κ2) is 10.7. The van der Waals surface area contributed by atoms with Gasteiger partial charge in [-0.3, -0.25) is 9.59 Å². The molecular weight excluding hydrogens is 374 g/mol. The van der Waals surface area contributed by atoms with Crippen molar-refractivity contribution in [2.45, 2.75) is 20.0 Å². The number of carbonyl (C=O) groups is 2. The third-order valence-corrected chi connectivity index (χ3v) is 3.69. The molecule has 0 aliphatic rings. The molecule has 2 rings (SSSR count). The smallest absolute Gasteiger partial charge is 0.259 e. The molecule has 0 saturated carbocycles. The fraction of sp³-hybridized carbons (Fsp3) is 0.286. The van der Waals surface area contributed by atoms with Crippen LogP contribution >= 0.6 is 0 Å². The number of ether oxygens (including phenoxy) is 3. The summed E-state index contributed by atoms with van der Waals surface area (Å²) >= 11 is 0. The number of rotatable bonds is 9. The van der Waals surface area contributed by atoms with E-state index in [0.29, 0.717) is 17.1 Å². The molecule has 0 aromatic heterocycles. The second-order valence-electron chi connectivity index (χ2n) is 6.28. The summed E-state index contributed by atoms with van der Waals surface area (Å²) < 4.78 is 15.9. The molecule has 8 heteroatoms. The average Bonchev–Trinajstić information content (AvgIpc) is 2.71. The molecule has 0 spiro atoms. The summed E-state index contributed by atoms with van der Waals surface area (Å²) in [5, 5.41) is 6.42. The Balaban J connectivity index is 1.85. The highest BCUT2D eigenvalue weighted by Gasteiger charge is 2.11. The van der Waals surface area contributed by atoms with Gasteiger partial charge in [-0.2, -0.15) is 5.10 Å². The van der Waals surface area contributed by atoms with Gasteiger partial charge in [0.2, 0.25) is 0 Å². The Morgan fingerprint density at radius 3 is 2.52 bits per heavy atom. The van der Waals surface area contributed by atoms with E-state index in [0.717, 1.165) is 11.3 Å². The van der Waals surface area contributed by atoms with Crippen LogP contribution < -0.4 is 25.0 Å². The van der Waals surface area contributed by atoms with Gasteiger partial charge in [-0.25, -0.2) is 5.43 Å². The predicted molar refractivity (Wildman–Crippen MR) is 110 cm³/mol. The number of methoxy groups -OCH3 is 2. The van der Waals surface area contributed by atoms with Crippen molar-refractivity contribution in [2.75, 3.05) is 20.8 Å². The third-order valence-electron chi connectivity index (χ3n) is 3.69. The molecule has 2 amide bonds. The zero-order valence-corrected chi connectivity index (χ0v) is 16.9. The lowest BCUT2D eigenvalue weighted by atomic mass is 10.2. The van der Waals surface area contributed by atoms with E-state index in [1.807, 2.05) is 38.1 Å². The van der Waals surface area contributed by atoms with Gasteiger partial charge < -0.3 is 19.5 Å². The molecule has 0 heterocycles. The molecule has 0 saturated heterocycles. The van der Waals surface area contributed by atoms with Gasteiger partial charge in [0.25, 0.3) is 11.8 Å². The molecule has 0 aliphatic carbocycles. The standard InChI is InChI=1S/C21H25N3O5/c1-14(2)29-17-7-5-6-15(10-17)12-23-24-20(25)13-22-21(26)16-8-9-18(27-3)19(11-16)28-4/h5-12,14H,13H2,1-4H3,(H,22,26)(H,24,25)/b23-12+. The van der Waals surface area contributed by atoms with E-state index < -0.39 is 11.8 Å². The molecule has 2 N–H and O–H groups in total. The zero-order valence-electron chi connectivity index (χ0n) is 16.9. The van der Waals surface area contributed by atoms with E-state index in [9.17, 15) is 9.59 Å². The van der Waals surface area contributed by atoms with Gasteiger partial charge in [-0.05, 0) is 49.7 Å². The Morgan fingerprint density at radius 1 is 1.07 bits per heavy atom. The zero-order chi connectivity index (χ0) is 21.2. The number of benzene rings is 2. The third kappa shape index (κ3) is 6.84. The first-order valence-corrected chi connectivity index (χ1v) is 9.01. The Morgan fingerprint density at radius 2 is 1.83 bits per heavy atom. The Hall–Kier alpha value is -3.55. The molecule has 8 nitrogen and oxygen atoms in total. The van der Waals surface area contributed by atoms with Gasteiger partial charge in [-0.15, -0.1) is 0 Å². The SMILES string of the molecule is COc1ccc(C(=O)NCC(=O)N/N=C/c2cccc(OC(C)C)c2)cc1OC. The number of amides is 2. The summed E-state index contributed by atoms with van der Waals surface area (Å²) in [7, 11) is 2.99. The summed E-state index contributed by atoms with van der Waals surface area (Å²) in [5.41, 5.74) is 3.49. The minimum Gasteiger partial charge on any atom is -0.493 e. The largest absolute Gasteiger partial charge is 0.493 e. The number of carbonyl (C=O) groups excluding carboxylic acids is 2. The summed E-state index contributed by atoms with van der Waals surface area (Å²) in [6.07, 6.45) is 1.57. The maximum atomic E-state index is 12.2. The summed E-state index contributed by atoms with van der Waals surface area (Å²) in [6.45, 7) is 3.66. The maximum Gasteiger partial charge on any atom is 0.259 e. The van der Waals surface area contributed by atoms with E-state index in [4.69, 9.17) is 14.2 Å². The molecule has 0 fully saturated rings. The number of nitrogens with zero attached hydrogens (tertiary/aromatic N) is 1. The van der Waals surface area contributed by atoms with Crippen LogP contribution in [0, 0.1) is 0 Å². The van der Waals surface area contributed by atoms with E-state index >= 15 is 0 Å². The van der Waals surface area contributed by atoms with E-state index in [2.05, 4.69) is 15.8 Å². The molecular formula is C21H25N3O5. The molecule has 0 aliphatic heterocycles. The predicted octanol–water partition coefficient (Wildman–Crippen LogP) is 2.37.